The number of fused-ring (bicyclic) bond motifs is 2. The van der Waals surface area contributed by atoms with Crippen LogP contribution in [0.4, 0.5) is 4.39 Å². The van der Waals surface area contributed by atoms with Gasteiger partial charge in [0.2, 0.25) is 5.78 Å². The number of ether oxygens (including phenoxy) is 2. The van der Waals surface area contributed by atoms with Gasteiger partial charge in [0.1, 0.15) is 16.3 Å². The molecular formula is C26H15FO5S. The molecule has 0 unspecified atom stereocenters. The monoisotopic (exact) mass is 458 g/mol. The van der Waals surface area contributed by atoms with Crippen molar-refractivity contribution >= 4 is 44.1 Å². The number of hydrogen-bond acceptors (Lipinski definition) is 6. The SMILES string of the molecule is C=CC(=O)Oc1ccccc1Oc1c(C(=O)c2ccc3occc3c2)sc2cc(F)ccc12. The van der Waals surface area contributed by atoms with Gasteiger partial charge in [-0.05, 0) is 54.6 Å². The average molecular weight is 458 g/mol. The summed E-state index contributed by atoms with van der Waals surface area (Å²) in [5.74, 6) is -0.690. The molecule has 0 fully saturated rings. The van der Waals surface area contributed by atoms with Crippen LogP contribution in [0.3, 0.4) is 0 Å². The molecule has 7 heteroatoms. The van der Waals surface area contributed by atoms with Gasteiger partial charge in [0, 0.05) is 27.1 Å². The molecule has 162 valence electrons. The predicted molar refractivity (Wildman–Crippen MR) is 124 cm³/mol. The molecule has 0 saturated carbocycles. The van der Waals surface area contributed by atoms with Crippen molar-refractivity contribution in [2.75, 3.05) is 0 Å². The molecule has 2 aromatic heterocycles. The maximum absolute atomic E-state index is 13.9. The Morgan fingerprint density at radius 1 is 1.00 bits per heavy atom. The molecule has 0 N–H and O–H groups in total. The van der Waals surface area contributed by atoms with E-state index in [0.717, 1.165) is 22.8 Å². The lowest BCUT2D eigenvalue weighted by atomic mass is 10.1. The number of benzene rings is 3. The first-order chi connectivity index (χ1) is 16.0. The minimum absolute atomic E-state index is 0.169. The highest BCUT2D eigenvalue weighted by Crippen LogP contribution is 2.43. The molecule has 5 rings (SSSR count). The van der Waals surface area contributed by atoms with Crippen molar-refractivity contribution in [2.45, 2.75) is 0 Å². The smallest absolute Gasteiger partial charge is 0.335 e. The third kappa shape index (κ3) is 3.90. The Kier molecular flexibility index (Phi) is 5.24. The Bertz CT molecular complexity index is 1550. The predicted octanol–water partition coefficient (Wildman–Crippen LogP) is 6.90. The van der Waals surface area contributed by atoms with Crippen LogP contribution in [0.15, 0.2) is 90.1 Å². The lowest BCUT2D eigenvalue weighted by Gasteiger charge is -2.11. The van der Waals surface area contributed by atoms with E-state index in [-0.39, 0.29) is 23.0 Å². The maximum Gasteiger partial charge on any atom is 0.335 e. The number of esters is 1. The molecule has 0 aliphatic rings. The first kappa shape index (κ1) is 20.7. The Balaban J connectivity index is 1.63. The fourth-order valence-corrected chi connectivity index (χ4v) is 4.53. The lowest BCUT2D eigenvalue weighted by Crippen LogP contribution is -2.05. The van der Waals surface area contributed by atoms with E-state index in [1.165, 1.54) is 12.1 Å². The fourth-order valence-electron chi connectivity index (χ4n) is 3.42. The highest BCUT2D eigenvalue weighted by atomic mass is 32.1. The van der Waals surface area contributed by atoms with E-state index in [4.69, 9.17) is 13.9 Å². The van der Waals surface area contributed by atoms with Crippen molar-refractivity contribution in [2.24, 2.45) is 0 Å². The van der Waals surface area contributed by atoms with Crippen LogP contribution in [-0.2, 0) is 4.79 Å². The molecule has 0 amide bonds. The third-order valence-corrected chi connectivity index (χ3v) is 6.10. The van der Waals surface area contributed by atoms with E-state index in [0.29, 0.717) is 26.1 Å². The van der Waals surface area contributed by atoms with E-state index in [9.17, 15) is 14.0 Å². The van der Waals surface area contributed by atoms with Crippen molar-refractivity contribution in [3.05, 3.63) is 102 Å². The van der Waals surface area contributed by atoms with Crippen LogP contribution in [0.2, 0.25) is 0 Å². The quantitative estimate of drug-likeness (QED) is 0.120. The van der Waals surface area contributed by atoms with Gasteiger partial charge < -0.3 is 13.9 Å². The zero-order chi connectivity index (χ0) is 22.9. The highest BCUT2D eigenvalue weighted by molar-refractivity contribution is 7.21. The van der Waals surface area contributed by atoms with Crippen molar-refractivity contribution in [3.63, 3.8) is 0 Å². The number of hydrogen-bond donors (Lipinski definition) is 0. The summed E-state index contributed by atoms with van der Waals surface area (Å²) >= 11 is 1.13. The van der Waals surface area contributed by atoms with Crippen molar-refractivity contribution in [1.82, 2.24) is 0 Å². The molecule has 0 saturated heterocycles. The fraction of sp³-hybridized carbons (Fsp3) is 0. The Labute approximate surface area is 191 Å². The molecular weight excluding hydrogens is 443 g/mol. The summed E-state index contributed by atoms with van der Waals surface area (Å²) in [4.78, 5) is 25.5. The zero-order valence-electron chi connectivity index (χ0n) is 17.0. The summed E-state index contributed by atoms with van der Waals surface area (Å²) in [6, 6.07) is 17.7. The number of furan rings is 1. The molecule has 0 atom stereocenters. The number of halogens is 1. The second kappa shape index (κ2) is 8.37. The van der Waals surface area contributed by atoms with Gasteiger partial charge >= 0.3 is 5.97 Å². The Hall–Kier alpha value is -4.23. The minimum Gasteiger partial charge on any atom is -0.464 e. The number of carbonyl (C=O) groups is 2. The van der Waals surface area contributed by atoms with Crippen LogP contribution in [-0.4, -0.2) is 11.8 Å². The minimum atomic E-state index is -0.645. The second-order valence-electron chi connectivity index (χ2n) is 7.08. The zero-order valence-corrected chi connectivity index (χ0v) is 17.9. The van der Waals surface area contributed by atoms with E-state index in [1.54, 1.807) is 60.9 Å². The number of para-hydroxylation sites is 2. The van der Waals surface area contributed by atoms with Crippen LogP contribution < -0.4 is 9.47 Å². The van der Waals surface area contributed by atoms with Crippen LogP contribution >= 0.6 is 11.3 Å². The molecule has 0 aliphatic heterocycles. The molecule has 0 aliphatic carbocycles. The van der Waals surface area contributed by atoms with Gasteiger partial charge in [-0.15, -0.1) is 11.3 Å². The molecule has 5 nitrogen and oxygen atoms in total. The summed E-state index contributed by atoms with van der Waals surface area (Å²) in [5.41, 5.74) is 1.10. The highest BCUT2D eigenvalue weighted by Gasteiger charge is 2.24. The van der Waals surface area contributed by atoms with Gasteiger partial charge in [0.15, 0.2) is 17.2 Å². The molecule has 2 heterocycles. The van der Waals surface area contributed by atoms with E-state index in [2.05, 4.69) is 6.58 Å². The van der Waals surface area contributed by atoms with Crippen LogP contribution in [0.5, 0.6) is 17.2 Å². The number of rotatable bonds is 6. The van der Waals surface area contributed by atoms with Gasteiger partial charge in [-0.3, -0.25) is 4.79 Å². The van der Waals surface area contributed by atoms with Crippen LogP contribution in [0.25, 0.3) is 21.1 Å². The number of thiophene rings is 1. The summed E-state index contributed by atoms with van der Waals surface area (Å²) < 4.78 is 31.2. The van der Waals surface area contributed by atoms with Crippen molar-refractivity contribution in [1.29, 1.82) is 0 Å². The first-order valence-corrected chi connectivity index (χ1v) is 10.7. The summed E-state index contributed by atoms with van der Waals surface area (Å²) in [6.07, 6.45) is 2.59. The number of ketones is 1. The van der Waals surface area contributed by atoms with Gasteiger partial charge in [-0.25, -0.2) is 9.18 Å². The second-order valence-corrected chi connectivity index (χ2v) is 8.13. The van der Waals surface area contributed by atoms with Gasteiger partial charge in [-0.1, -0.05) is 18.7 Å². The molecule has 5 aromatic rings. The van der Waals surface area contributed by atoms with E-state index < -0.39 is 11.8 Å². The third-order valence-electron chi connectivity index (χ3n) is 4.97. The van der Waals surface area contributed by atoms with Gasteiger partial charge in [0.25, 0.3) is 0 Å². The molecule has 3 aromatic carbocycles. The summed E-state index contributed by atoms with van der Waals surface area (Å²) in [5, 5.41) is 1.36. The summed E-state index contributed by atoms with van der Waals surface area (Å²) in [6.45, 7) is 3.40. The normalized spacial score (nSPS) is 10.9. The Morgan fingerprint density at radius 2 is 1.82 bits per heavy atom. The van der Waals surface area contributed by atoms with Crippen molar-refractivity contribution in [3.8, 4) is 17.2 Å². The molecule has 0 bridgehead atoms. The van der Waals surface area contributed by atoms with Gasteiger partial charge in [0.05, 0.1) is 6.26 Å². The lowest BCUT2D eigenvalue weighted by molar-refractivity contribution is -0.129. The van der Waals surface area contributed by atoms with Crippen LogP contribution in [0.1, 0.15) is 15.2 Å². The average Bonchev–Trinajstić information content (AvgIpc) is 3.43. The molecule has 0 spiro atoms. The molecule has 33 heavy (non-hydrogen) atoms. The van der Waals surface area contributed by atoms with Crippen LogP contribution in [0, 0.1) is 5.82 Å². The Morgan fingerprint density at radius 3 is 2.64 bits per heavy atom. The van der Waals surface area contributed by atoms with Gasteiger partial charge in [-0.2, -0.15) is 0 Å². The van der Waals surface area contributed by atoms with E-state index >= 15 is 0 Å². The topological polar surface area (TPSA) is 65.7 Å². The van der Waals surface area contributed by atoms with E-state index in [1.807, 2.05) is 0 Å². The van der Waals surface area contributed by atoms with Crippen molar-refractivity contribution < 1.29 is 27.9 Å². The maximum atomic E-state index is 13.9. The number of carbonyl (C=O) groups excluding carboxylic acids is 2. The summed E-state index contributed by atoms with van der Waals surface area (Å²) in [7, 11) is 0. The molecule has 0 radical (unpaired) electrons. The largest absolute Gasteiger partial charge is 0.464 e. The standard InChI is InChI=1S/C26H15FO5S/c1-2-23(28)31-20-5-3-4-6-21(20)32-25-18-9-8-17(27)14-22(18)33-26(25)24(29)16-7-10-19-15(13-16)11-12-30-19/h2-14H,1H2. The first-order valence-electron chi connectivity index (χ1n) is 9.88.